The van der Waals surface area contributed by atoms with Crippen LogP contribution in [0.2, 0.25) is 0 Å². The average molecular weight is 293 g/mol. The number of nitrogens with zero attached hydrogens (tertiary/aromatic N) is 2. The highest BCUT2D eigenvalue weighted by Gasteiger charge is 2.15. The highest BCUT2D eigenvalue weighted by Crippen LogP contribution is 2.08. The molecule has 2 N–H and O–H groups in total. The molecule has 0 atom stereocenters. The third kappa shape index (κ3) is 6.25. The van der Waals surface area contributed by atoms with Crippen molar-refractivity contribution in [2.24, 2.45) is 5.73 Å². The lowest BCUT2D eigenvalue weighted by atomic mass is 10.1. The predicted octanol–water partition coefficient (Wildman–Crippen LogP) is 1.19. The van der Waals surface area contributed by atoms with Crippen LogP contribution in [0.25, 0.3) is 0 Å². The van der Waals surface area contributed by atoms with Gasteiger partial charge in [-0.3, -0.25) is 4.79 Å². The summed E-state index contributed by atoms with van der Waals surface area (Å²) < 4.78 is 5.10. The summed E-state index contributed by atoms with van der Waals surface area (Å²) in [7, 11) is 5.72. The molecule has 0 spiro atoms. The molecule has 0 aliphatic heterocycles. The fourth-order valence-electron chi connectivity index (χ4n) is 2.06. The molecule has 0 radical (unpaired) electrons. The smallest absolute Gasteiger partial charge is 0.253 e. The van der Waals surface area contributed by atoms with Gasteiger partial charge in [0, 0.05) is 32.3 Å². The molecule has 0 aromatic heterocycles. The lowest BCUT2D eigenvalue weighted by molar-refractivity contribution is 0.0689. The monoisotopic (exact) mass is 293 g/mol. The highest BCUT2D eigenvalue weighted by atomic mass is 16.5. The number of hydrogen-bond donors (Lipinski definition) is 1. The summed E-state index contributed by atoms with van der Waals surface area (Å²) in [4.78, 5) is 16.5. The minimum Gasteiger partial charge on any atom is -0.383 e. The van der Waals surface area contributed by atoms with E-state index in [4.69, 9.17) is 10.5 Å². The zero-order chi connectivity index (χ0) is 15.7. The molecule has 5 nitrogen and oxygen atoms in total. The fourth-order valence-corrected chi connectivity index (χ4v) is 2.06. The van der Waals surface area contributed by atoms with Gasteiger partial charge in [-0.25, -0.2) is 0 Å². The standard InChI is InChI=1S/C16H27N3O2/c1-18(2)9-4-10-19(11-12-21-3)16(20)15-7-5-14(13-17)6-8-15/h5-8H,4,9-13,17H2,1-3H3. The Morgan fingerprint density at radius 1 is 1.14 bits per heavy atom. The molecule has 5 heteroatoms. The van der Waals surface area contributed by atoms with E-state index in [1.807, 2.05) is 43.3 Å². The number of benzene rings is 1. The van der Waals surface area contributed by atoms with Crippen LogP contribution < -0.4 is 5.73 Å². The quantitative estimate of drug-likeness (QED) is 0.743. The molecule has 118 valence electrons. The van der Waals surface area contributed by atoms with E-state index < -0.39 is 0 Å². The number of methoxy groups -OCH3 is 1. The van der Waals surface area contributed by atoms with Gasteiger partial charge < -0.3 is 20.3 Å². The number of carbonyl (C=O) groups excluding carboxylic acids is 1. The SMILES string of the molecule is COCCN(CCCN(C)C)C(=O)c1ccc(CN)cc1. The summed E-state index contributed by atoms with van der Waals surface area (Å²) >= 11 is 0. The maximum atomic E-state index is 12.6. The zero-order valence-corrected chi connectivity index (χ0v) is 13.3. The second-order valence-electron chi connectivity index (χ2n) is 5.34. The van der Waals surface area contributed by atoms with E-state index in [2.05, 4.69) is 4.90 Å². The lowest BCUT2D eigenvalue weighted by Gasteiger charge is -2.23. The van der Waals surface area contributed by atoms with Crippen molar-refractivity contribution in [3.8, 4) is 0 Å². The minimum atomic E-state index is 0.0503. The molecule has 0 saturated carbocycles. The fraction of sp³-hybridized carbons (Fsp3) is 0.562. The van der Waals surface area contributed by atoms with Crippen molar-refractivity contribution in [3.05, 3.63) is 35.4 Å². The van der Waals surface area contributed by atoms with Crippen LogP contribution in [0.4, 0.5) is 0 Å². The van der Waals surface area contributed by atoms with Crippen LogP contribution in [0.3, 0.4) is 0 Å². The number of nitrogens with two attached hydrogens (primary N) is 1. The summed E-state index contributed by atoms with van der Waals surface area (Å²) in [5.41, 5.74) is 7.31. The summed E-state index contributed by atoms with van der Waals surface area (Å²) in [6, 6.07) is 7.50. The van der Waals surface area contributed by atoms with Gasteiger partial charge in [0.1, 0.15) is 0 Å². The zero-order valence-electron chi connectivity index (χ0n) is 13.3. The van der Waals surface area contributed by atoms with Crippen LogP contribution in [0, 0.1) is 0 Å². The molecule has 1 aromatic rings. The third-order valence-electron chi connectivity index (χ3n) is 3.32. The Labute approximate surface area is 127 Å². The first-order chi connectivity index (χ1) is 10.1. The Hall–Kier alpha value is -1.43. The Morgan fingerprint density at radius 3 is 2.33 bits per heavy atom. The van der Waals surface area contributed by atoms with Crippen LogP contribution in [0.1, 0.15) is 22.3 Å². The van der Waals surface area contributed by atoms with Gasteiger partial charge in [0.05, 0.1) is 6.61 Å². The van der Waals surface area contributed by atoms with Gasteiger partial charge in [0.25, 0.3) is 5.91 Å². The first-order valence-corrected chi connectivity index (χ1v) is 7.30. The molecule has 1 amide bonds. The molecule has 0 aliphatic carbocycles. The van der Waals surface area contributed by atoms with E-state index in [1.165, 1.54) is 0 Å². The Bertz CT molecular complexity index is 418. The number of rotatable bonds is 9. The van der Waals surface area contributed by atoms with E-state index >= 15 is 0 Å². The summed E-state index contributed by atoms with van der Waals surface area (Å²) in [5, 5.41) is 0. The van der Waals surface area contributed by atoms with Gasteiger partial charge in [-0.2, -0.15) is 0 Å². The normalized spacial score (nSPS) is 10.9. The molecular formula is C16H27N3O2. The van der Waals surface area contributed by atoms with Crippen LogP contribution in [0.5, 0.6) is 0 Å². The Balaban J connectivity index is 2.67. The van der Waals surface area contributed by atoms with Crippen LogP contribution in [-0.2, 0) is 11.3 Å². The Kier molecular flexibility index (Phi) is 7.97. The molecule has 0 aliphatic rings. The van der Waals surface area contributed by atoms with Crippen molar-refractivity contribution in [1.29, 1.82) is 0 Å². The van der Waals surface area contributed by atoms with Gasteiger partial charge in [-0.15, -0.1) is 0 Å². The molecule has 21 heavy (non-hydrogen) atoms. The topological polar surface area (TPSA) is 58.8 Å². The summed E-state index contributed by atoms with van der Waals surface area (Å²) in [5.74, 6) is 0.0503. The van der Waals surface area contributed by atoms with Crippen LogP contribution in [-0.4, -0.2) is 63.2 Å². The molecule has 0 fully saturated rings. The van der Waals surface area contributed by atoms with E-state index in [-0.39, 0.29) is 5.91 Å². The molecule has 0 bridgehead atoms. The highest BCUT2D eigenvalue weighted by molar-refractivity contribution is 5.94. The molecule has 0 heterocycles. The van der Waals surface area contributed by atoms with Gasteiger partial charge in [0.2, 0.25) is 0 Å². The van der Waals surface area contributed by atoms with Gasteiger partial charge in [-0.1, -0.05) is 12.1 Å². The van der Waals surface area contributed by atoms with Crippen molar-refractivity contribution in [3.63, 3.8) is 0 Å². The first kappa shape index (κ1) is 17.6. The second kappa shape index (κ2) is 9.50. The minimum absolute atomic E-state index is 0.0503. The summed E-state index contributed by atoms with van der Waals surface area (Å²) in [6.07, 6.45) is 0.948. The molecule has 0 saturated heterocycles. The van der Waals surface area contributed by atoms with Crippen molar-refractivity contribution in [1.82, 2.24) is 9.80 Å². The molecule has 1 aromatic carbocycles. The maximum absolute atomic E-state index is 12.6. The first-order valence-electron chi connectivity index (χ1n) is 7.30. The number of hydrogen-bond acceptors (Lipinski definition) is 4. The summed E-state index contributed by atoms with van der Waals surface area (Å²) in [6.45, 7) is 3.35. The van der Waals surface area contributed by atoms with Crippen molar-refractivity contribution in [2.75, 3.05) is 47.4 Å². The van der Waals surface area contributed by atoms with Gasteiger partial charge >= 0.3 is 0 Å². The number of ether oxygens (including phenoxy) is 1. The van der Waals surface area contributed by atoms with Crippen molar-refractivity contribution in [2.45, 2.75) is 13.0 Å². The molecular weight excluding hydrogens is 266 g/mol. The molecule has 0 unspecified atom stereocenters. The average Bonchev–Trinajstić information content (AvgIpc) is 2.49. The van der Waals surface area contributed by atoms with Crippen molar-refractivity contribution >= 4 is 5.91 Å². The largest absolute Gasteiger partial charge is 0.383 e. The number of amides is 1. The second-order valence-corrected chi connectivity index (χ2v) is 5.34. The van der Waals surface area contributed by atoms with Crippen LogP contribution >= 0.6 is 0 Å². The Morgan fingerprint density at radius 2 is 1.81 bits per heavy atom. The third-order valence-corrected chi connectivity index (χ3v) is 3.32. The predicted molar refractivity (Wildman–Crippen MR) is 85.3 cm³/mol. The van der Waals surface area contributed by atoms with Crippen LogP contribution in [0.15, 0.2) is 24.3 Å². The van der Waals surface area contributed by atoms with E-state index in [0.29, 0.717) is 25.3 Å². The van der Waals surface area contributed by atoms with Gasteiger partial charge in [-0.05, 0) is 44.8 Å². The van der Waals surface area contributed by atoms with Gasteiger partial charge in [0.15, 0.2) is 0 Å². The maximum Gasteiger partial charge on any atom is 0.253 e. The lowest BCUT2D eigenvalue weighted by Crippen LogP contribution is -2.36. The van der Waals surface area contributed by atoms with E-state index in [9.17, 15) is 4.79 Å². The molecule has 1 rings (SSSR count). The number of carbonyl (C=O) groups is 1. The van der Waals surface area contributed by atoms with E-state index in [1.54, 1.807) is 7.11 Å². The van der Waals surface area contributed by atoms with Crippen molar-refractivity contribution < 1.29 is 9.53 Å². The van der Waals surface area contributed by atoms with E-state index in [0.717, 1.165) is 25.1 Å².